The van der Waals surface area contributed by atoms with Crippen LogP contribution in [0.4, 0.5) is 0 Å². The summed E-state index contributed by atoms with van der Waals surface area (Å²) in [7, 11) is 0. The van der Waals surface area contributed by atoms with Crippen molar-refractivity contribution < 1.29 is 38.4 Å². The molecule has 0 aromatic carbocycles. The Hall–Kier alpha value is -2.82. The Bertz CT molecular complexity index is 505. The molecule has 0 bridgehead atoms. The van der Waals surface area contributed by atoms with Gasteiger partial charge in [-0.3, -0.25) is 24.5 Å². The van der Waals surface area contributed by atoms with E-state index in [1.165, 1.54) is 0 Å². The Morgan fingerprint density at radius 2 is 1.04 bits per heavy atom. The summed E-state index contributed by atoms with van der Waals surface area (Å²) in [4.78, 5) is 76.8. The van der Waals surface area contributed by atoms with Crippen LogP contribution < -0.4 is 5.32 Å². The average molecular weight is 327 g/mol. The highest BCUT2D eigenvalue weighted by molar-refractivity contribution is 6.02. The van der Waals surface area contributed by atoms with Crippen LogP contribution in [-0.2, 0) is 38.4 Å². The molecule has 0 saturated carbocycles. The number of hydrogen-bond acceptors (Lipinski definition) is 9. The third kappa shape index (κ3) is 4.10. The minimum atomic E-state index is -0.949. The third-order valence-corrected chi connectivity index (χ3v) is 2.94. The van der Waals surface area contributed by atoms with Gasteiger partial charge in [-0.05, 0) is 0 Å². The van der Waals surface area contributed by atoms with Crippen LogP contribution in [0.2, 0.25) is 0 Å². The van der Waals surface area contributed by atoms with Crippen molar-refractivity contribution >= 4 is 35.6 Å². The molecule has 0 unspecified atom stereocenters. The van der Waals surface area contributed by atoms with E-state index in [4.69, 9.17) is 0 Å². The van der Waals surface area contributed by atoms with Crippen molar-refractivity contribution in [1.29, 1.82) is 0 Å². The van der Waals surface area contributed by atoms with E-state index < -0.39 is 48.7 Å². The number of nitrogens with one attached hydrogen (secondary N) is 1. The average Bonchev–Trinajstić information content (AvgIpc) is 2.97. The van der Waals surface area contributed by atoms with Crippen LogP contribution in [0.1, 0.15) is 25.7 Å². The van der Waals surface area contributed by atoms with E-state index in [1.807, 2.05) is 0 Å². The first kappa shape index (κ1) is 16.5. The van der Waals surface area contributed by atoms with Crippen LogP contribution in [0.15, 0.2) is 0 Å². The summed E-state index contributed by atoms with van der Waals surface area (Å²) in [5, 5.41) is 3.10. The Labute approximate surface area is 129 Å². The van der Waals surface area contributed by atoms with Gasteiger partial charge in [-0.15, -0.1) is 10.1 Å². The van der Waals surface area contributed by atoms with Crippen LogP contribution in [0.3, 0.4) is 0 Å². The van der Waals surface area contributed by atoms with Gasteiger partial charge in [-0.25, -0.2) is 9.59 Å². The number of hydroxylamine groups is 4. The van der Waals surface area contributed by atoms with Crippen molar-refractivity contribution in [1.82, 2.24) is 15.4 Å². The second kappa shape index (κ2) is 6.96. The van der Waals surface area contributed by atoms with E-state index in [9.17, 15) is 28.8 Å². The molecule has 1 N–H and O–H groups in total. The Kier molecular flexibility index (Phi) is 5.01. The maximum atomic E-state index is 11.4. The molecule has 0 aromatic rings. The van der Waals surface area contributed by atoms with Crippen LogP contribution in [0, 0.1) is 0 Å². The molecule has 0 spiro atoms. The van der Waals surface area contributed by atoms with Crippen molar-refractivity contribution in [3.05, 3.63) is 0 Å². The largest absolute Gasteiger partial charge is 0.346 e. The number of carbonyl (C=O) groups is 6. The van der Waals surface area contributed by atoms with Crippen molar-refractivity contribution in [2.24, 2.45) is 0 Å². The molecule has 0 aliphatic carbocycles. The van der Waals surface area contributed by atoms with Gasteiger partial charge in [0.25, 0.3) is 23.6 Å². The lowest BCUT2D eigenvalue weighted by atomic mass is 10.4. The summed E-state index contributed by atoms with van der Waals surface area (Å²) in [6.07, 6.45) is -0.0962. The van der Waals surface area contributed by atoms with Crippen LogP contribution in [0.5, 0.6) is 0 Å². The number of nitrogens with zero attached hydrogens (tertiary/aromatic N) is 2. The van der Waals surface area contributed by atoms with E-state index in [0.717, 1.165) is 0 Å². The van der Waals surface area contributed by atoms with Crippen LogP contribution in [0.25, 0.3) is 0 Å². The molecule has 2 aliphatic heterocycles. The van der Waals surface area contributed by atoms with Gasteiger partial charge in [0.1, 0.15) is 0 Å². The highest BCUT2D eigenvalue weighted by Gasteiger charge is 2.34. The molecule has 0 aromatic heterocycles. The Morgan fingerprint density at radius 1 is 0.739 bits per heavy atom. The van der Waals surface area contributed by atoms with Gasteiger partial charge < -0.3 is 9.68 Å². The fourth-order valence-corrected chi connectivity index (χ4v) is 1.85. The van der Waals surface area contributed by atoms with E-state index >= 15 is 0 Å². The van der Waals surface area contributed by atoms with Gasteiger partial charge in [0.15, 0.2) is 0 Å². The number of imide groups is 2. The first-order valence-corrected chi connectivity index (χ1v) is 6.72. The zero-order valence-electron chi connectivity index (χ0n) is 11.9. The first-order valence-electron chi connectivity index (χ1n) is 6.72. The maximum absolute atomic E-state index is 11.4. The zero-order valence-corrected chi connectivity index (χ0v) is 11.9. The summed E-state index contributed by atoms with van der Waals surface area (Å²) >= 11 is 0. The normalized spacial score (nSPS) is 17.9. The number of rotatable bonds is 6. The van der Waals surface area contributed by atoms with Crippen LogP contribution in [-0.4, -0.2) is 58.8 Å². The molecule has 2 rings (SSSR count). The van der Waals surface area contributed by atoms with Crippen molar-refractivity contribution in [2.45, 2.75) is 25.7 Å². The fourth-order valence-electron chi connectivity index (χ4n) is 1.85. The molecular formula is C12H13N3O8. The summed E-state index contributed by atoms with van der Waals surface area (Å²) in [6.45, 7) is -0.956. The van der Waals surface area contributed by atoms with E-state index in [1.54, 1.807) is 0 Å². The minimum absolute atomic E-state index is 0.0240. The topological polar surface area (TPSA) is 139 Å². The van der Waals surface area contributed by atoms with E-state index in [-0.39, 0.29) is 25.7 Å². The maximum Gasteiger partial charge on any atom is 0.346 e. The smallest absolute Gasteiger partial charge is 0.329 e. The van der Waals surface area contributed by atoms with Gasteiger partial charge in [-0.2, -0.15) is 0 Å². The Morgan fingerprint density at radius 3 is 1.35 bits per heavy atom. The number of amides is 4. The Balaban J connectivity index is 1.68. The van der Waals surface area contributed by atoms with Gasteiger partial charge in [0.05, 0.1) is 13.1 Å². The molecule has 2 aliphatic rings. The molecule has 4 amide bonds. The minimum Gasteiger partial charge on any atom is -0.329 e. The summed E-state index contributed by atoms with van der Waals surface area (Å²) < 4.78 is 0. The highest BCUT2D eigenvalue weighted by Crippen LogP contribution is 2.12. The lowest BCUT2D eigenvalue weighted by Crippen LogP contribution is -2.39. The predicted molar refractivity (Wildman–Crippen MR) is 67.2 cm³/mol. The number of hydrogen-bond donors (Lipinski definition) is 1. The standard InChI is InChI=1S/C12H13N3O8/c16-7-1-2-8(17)14(7)22-11(20)5-13-6-12(21)23-15-9(18)3-4-10(15)19/h13H,1-6H2. The van der Waals surface area contributed by atoms with Crippen molar-refractivity contribution in [3.63, 3.8) is 0 Å². The molecule has 11 nitrogen and oxygen atoms in total. The van der Waals surface area contributed by atoms with Gasteiger partial charge in [-0.1, -0.05) is 0 Å². The monoisotopic (exact) mass is 327 g/mol. The summed E-state index contributed by atoms with van der Waals surface area (Å²) in [5.41, 5.74) is 0. The second-order valence-corrected chi connectivity index (χ2v) is 4.69. The van der Waals surface area contributed by atoms with Crippen molar-refractivity contribution in [3.8, 4) is 0 Å². The number of carbonyl (C=O) groups excluding carboxylic acids is 6. The molecule has 2 fully saturated rings. The molecule has 2 heterocycles. The van der Waals surface area contributed by atoms with Gasteiger partial charge in [0.2, 0.25) is 0 Å². The molecule has 0 radical (unpaired) electrons. The predicted octanol–water partition coefficient (Wildman–Crippen LogP) is -2.21. The second-order valence-electron chi connectivity index (χ2n) is 4.69. The van der Waals surface area contributed by atoms with E-state index in [0.29, 0.717) is 10.1 Å². The van der Waals surface area contributed by atoms with Gasteiger partial charge >= 0.3 is 11.9 Å². The SMILES string of the molecule is O=C(CNCC(=O)ON1C(=O)CCC1=O)ON1C(=O)CCC1=O. The molecular weight excluding hydrogens is 314 g/mol. The molecule has 2 saturated heterocycles. The fraction of sp³-hybridized carbons (Fsp3) is 0.500. The zero-order chi connectivity index (χ0) is 17.0. The van der Waals surface area contributed by atoms with E-state index in [2.05, 4.69) is 15.0 Å². The lowest BCUT2D eigenvalue weighted by Gasteiger charge is -2.14. The first-order chi connectivity index (χ1) is 10.9. The summed E-state index contributed by atoms with van der Waals surface area (Å²) in [5.74, 6) is -4.37. The quantitative estimate of drug-likeness (QED) is 0.538. The lowest BCUT2D eigenvalue weighted by molar-refractivity contribution is -0.198. The van der Waals surface area contributed by atoms with Gasteiger partial charge in [0, 0.05) is 25.7 Å². The highest BCUT2D eigenvalue weighted by atomic mass is 16.7. The van der Waals surface area contributed by atoms with Crippen molar-refractivity contribution in [2.75, 3.05) is 13.1 Å². The molecule has 23 heavy (non-hydrogen) atoms. The van der Waals surface area contributed by atoms with Crippen LogP contribution >= 0.6 is 0 Å². The summed E-state index contributed by atoms with van der Waals surface area (Å²) in [6, 6.07) is 0. The third-order valence-electron chi connectivity index (χ3n) is 2.94. The molecule has 0 atom stereocenters. The molecule has 124 valence electrons. The molecule has 11 heteroatoms.